The molecule has 6 rings (SSSR count). The van der Waals surface area contributed by atoms with E-state index >= 15 is 0 Å². The number of aliphatic hydroxyl groups is 19. The molecule has 6 fully saturated rings. The van der Waals surface area contributed by atoms with Crippen molar-refractivity contribution in [2.24, 2.45) is 5.92 Å². The Hall–Kier alpha value is -4.48. The Kier molecular flexibility index (Phi) is 49.6. The fourth-order valence-electron chi connectivity index (χ4n) is 17.2. The number of nitrogens with one attached hydrogen (secondary N) is 3. The lowest BCUT2D eigenvalue weighted by molar-refractivity contribution is -0.408. The Balaban J connectivity index is 1.30. The number of Topliss-reactive ketones (excluding diaryl/α,β-unsaturated/α-hetero) is 1. The number of hydrogen-bond acceptors (Lipinski definition) is 37. The third-order valence-corrected chi connectivity index (χ3v) is 24.4. The molecule has 34 atom stereocenters. The number of unbranched alkanes of at least 4 members (excludes halogenated alkanes) is 23. The molecule has 42 nitrogen and oxygen atoms in total. The minimum atomic E-state index is -3.48. The molecule has 42 heteroatoms. The maximum Gasteiger partial charge on any atom is 0.364 e. The lowest BCUT2D eigenvalue weighted by atomic mass is 9.86. The molecule has 0 aromatic rings. The van der Waals surface area contributed by atoms with Crippen molar-refractivity contribution in [3.63, 3.8) is 0 Å². The van der Waals surface area contributed by atoms with Crippen LogP contribution in [0.5, 0.6) is 0 Å². The van der Waals surface area contributed by atoms with Crippen LogP contribution < -0.4 is 16.0 Å². The van der Waals surface area contributed by atoms with Crippen LogP contribution in [0.25, 0.3) is 0 Å². The minimum Gasteiger partial charge on any atom is -0.477 e. The molecular weight excluding hydrogens is 1690 g/mol. The van der Waals surface area contributed by atoms with Crippen molar-refractivity contribution in [2.45, 2.75) is 435 Å². The Morgan fingerprint density at radius 3 is 1.25 bits per heavy atom. The zero-order valence-corrected chi connectivity index (χ0v) is 73.7. The van der Waals surface area contributed by atoms with Crippen molar-refractivity contribution in [2.75, 3.05) is 46.2 Å². The first kappa shape index (κ1) is 111. The number of allylic oxidation sites excluding steroid dienone is 2. The molecule has 3 amide bonds. The van der Waals surface area contributed by atoms with Gasteiger partial charge in [0.1, 0.15) is 128 Å². The summed E-state index contributed by atoms with van der Waals surface area (Å²) in [7, 11) is 0. The molecule has 0 saturated carbocycles. The SMILES string of the molecule is CCCCCCCCC=CCCCCCCCC(=O)NC(COC1OC(CO)C(OC2OC(CO)C(OC3OC(CO)C(O)C(OC4OC(CO)C(O)C(OC5(C(=O)O)CC(O)C(NC(C)=O)C(C(O)C(O)CO)O5)C4O)C3CC(C)=O)C(OC3(C(=O)O)CC(O)C(NC(C)=O)C(C(O)C(O)CO)O3)C2O)C(O)C1O)C(O)CCCCCCCCCCCCCCC. The molecule has 0 aromatic heterocycles. The van der Waals surface area contributed by atoms with Gasteiger partial charge in [0, 0.05) is 45.4 Å². The average Bonchev–Trinajstić information content (AvgIpc) is 0.752. The summed E-state index contributed by atoms with van der Waals surface area (Å²) in [6.45, 7) is -0.574. The van der Waals surface area contributed by atoms with Crippen molar-refractivity contribution >= 4 is 35.4 Å². The zero-order valence-electron chi connectivity index (χ0n) is 73.7. The van der Waals surface area contributed by atoms with Crippen LogP contribution >= 0.6 is 0 Å². The molecule has 6 heterocycles. The normalized spacial score (nSPS) is 35.1. The summed E-state index contributed by atoms with van der Waals surface area (Å²) < 4.78 is 72.8. The second-order valence-corrected chi connectivity index (χ2v) is 34.6. The molecule has 0 bridgehead atoms. The second kappa shape index (κ2) is 56.6. The lowest BCUT2D eigenvalue weighted by Crippen LogP contribution is -2.71. The van der Waals surface area contributed by atoms with Gasteiger partial charge in [0.25, 0.3) is 11.6 Å². The Morgan fingerprint density at radius 2 is 0.811 bits per heavy atom. The molecule has 0 aliphatic carbocycles. The summed E-state index contributed by atoms with van der Waals surface area (Å²) in [5, 5.41) is 245. The second-order valence-electron chi connectivity index (χ2n) is 34.6. The van der Waals surface area contributed by atoms with Gasteiger partial charge in [-0.05, 0) is 45.4 Å². The van der Waals surface area contributed by atoms with Gasteiger partial charge in [0.05, 0.1) is 88.8 Å². The third-order valence-electron chi connectivity index (χ3n) is 24.4. The molecule has 127 heavy (non-hydrogen) atoms. The maximum absolute atomic E-state index is 14.1. The van der Waals surface area contributed by atoms with Crippen LogP contribution in [0.3, 0.4) is 0 Å². The topological polar surface area (TPSA) is 674 Å². The van der Waals surface area contributed by atoms with Crippen LogP contribution in [0, 0.1) is 5.92 Å². The number of carbonyl (C=O) groups is 6. The van der Waals surface area contributed by atoms with E-state index in [1.807, 2.05) is 0 Å². The Morgan fingerprint density at radius 1 is 0.425 bits per heavy atom. The quantitative estimate of drug-likeness (QED) is 0.0216. The van der Waals surface area contributed by atoms with E-state index in [1.165, 1.54) is 77.0 Å². The fraction of sp³-hybridized carbons (Fsp3) is 0.906. The Labute approximate surface area is 740 Å². The summed E-state index contributed by atoms with van der Waals surface area (Å²) in [5.74, 6) is -16.1. The number of hydrogen-bond donors (Lipinski definition) is 24. The predicted molar refractivity (Wildman–Crippen MR) is 441 cm³/mol. The van der Waals surface area contributed by atoms with Gasteiger partial charge in [-0.25, -0.2) is 9.59 Å². The predicted octanol–water partition coefficient (Wildman–Crippen LogP) is -2.78. The van der Waals surface area contributed by atoms with Crippen LogP contribution in [0.4, 0.5) is 0 Å². The number of rotatable bonds is 60. The van der Waals surface area contributed by atoms with Gasteiger partial charge in [-0.2, -0.15) is 0 Å². The van der Waals surface area contributed by atoms with Crippen LogP contribution in [0.2, 0.25) is 0 Å². The summed E-state index contributed by atoms with van der Waals surface area (Å²) >= 11 is 0. The fourth-order valence-corrected chi connectivity index (χ4v) is 17.2. The van der Waals surface area contributed by atoms with Gasteiger partial charge in [-0.1, -0.05) is 161 Å². The van der Waals surface area contributed by atoms with E-state index in [2.05, 4.69) is 41.9 Å². The first-order valence-corrected chi connectivity index (χ1v) is 45.4. The smallest absolute Gasteiger partial charge is 0.364 e. The van der Waals surface area contributed by atoms with Gasteiger partial charge in [0.2, 0.25) is 17.7 Å². The molecule has 6 saturated heterocycles. The van der Waals surface area contributed by atoms with Crippen molar-refractivity contribution in [1.29, 1.82) is 0 Å². The first-order chi connectivity index (χ1) is 60.6. The molecule has 6 aliphatic heterocycles. The number of ketones is 1. The number of carboxylic acids is 2. The van der Waals surface area contributed by atoms with Gasteiger partial charge in [-0.3, -0.25) is 14.4 Å². The molecular formula is C85H149N3O39. The number of carbonyl (C=O) groups excluding carboxylic acids is 4. The van der Waals surface area contributed by atoms with Crippen molar-refractivity contribution in [3.05, 3.63) is 12.2 Å². The monoisotopic (exact) mass is 1840 g/mol. The molecule has 6 aliphatic rings. The summed E-state index contributed by atoms with van der Waals surface area (Å²) in [5.41, 5.74) is 0. The highest BCUT2D eigenvalue weighted by Crippen LogP contribution is 2.44. The van der Waals surface area contributed by atoms with Crippen molar-refractivity contribution in [1.82, 2.24) is 16.0 Å². The standard InChI is InChI=1S/C85H149N3O39/c1-6-8-10-12-14-16-18-20-21-23-25-27-29-31-33-35-60(103)88-50(51(98)34-32-30-28-26-24-22-19-17-15-13-11-9-7-2)45-116-79-68(109)67(108)72(58(43-93)119-79)122-81-70(111)77(127-85(83(114)115)38-53(100)62(87-48(5)97)75(125-85)64(105)55(102)40-90)73(59(44-94)120-81)123-78-49(36-46(3)95)71(65(106)56(41-91)117-78)121-80-69(110)76(66(107)57(42-92)118-80)126-84(82(112)113)37-52(99)61(86-47(4)96)74(124-84)63(104)54(101)39-89/h20-21,49-59,61-81,89-94,98-102,104-111H,6-19,22-45H2,1-5H3,(H,86,96)(H,87,97)(H,88,103)(H,112,113)(H,114,115). The number of aliphatic carboxylic acids is 2. The third kappa shape index (κ3) is 32.7. The van der Waals surface area contributed by atoms with Crippen LogP contribution in [-0.2, 0) is 85.6 Å². The van der Waals surface area contributed by atoms with Crippen LogP contribution in [0.1, 0.15) is 234 Å². The number of ether oxygens (including phenoxy) is 12. The van der Waals surface area contributed by atoms with Crippen molar-refractivity contribution in [3.8, 4) is 0 Å². The van der Waals surface area contributed by atoms with E-state index in [0.717, 1.165) is 97.8 Å². The number of amides is 3. The van der Waals surface area contributed by atoms with E-state index in [-0.39, 0.29) is 12.8 Å². The highest BCUT2D eigenvalue weighted by atomic mass is 16.8. The van der Waals surface area contributed by atoms with E-state index < -0.39 is 308 Å². The minimum absolute atomic E-state index is 0.108. The molecule has 0 radical (unpaired) electrons. The highest BCUT2D eigenvalue weighted by Gasteiger charge is 2.64. The zero-order chi connectivity index (χ0) is 93.8. The van der Waals surface area contributed by atoms with E-state index in [4.69, 9.17) is 56.8 Å². The molecule has 0 spiro atoms. The van der Waals surface area contributed by atoms with Gasteiger partial charge in [0.15, 0.2) is 25.2 Å². The lowest BCUT2D eigenvalue weighted by Gasteiger charge is -2.53. The maximum atomic E-state index is 14.1. The summed E-state index contributed by atoms with van der Waals surface area (Å²) in [6, 6.07) is -4.69. The molecule has 34 unspecified atom stereocenters. The van der Waals surface area contributed by atoms with Crippen LogP contribution in [-0.4, -0.2) is 390 Å². The number of aliphatic hydroxyl groups excluding tert-OH is 19. The Bertz CT molecular complexity index is 3200. The summed E-state index contributed by atoms with van der Waals surface area (Å²) in [6.07, 6.45) is -32.8. The summed E-state index contributed by atoms with van der Waals surface area (Å²) in [4.78, 5) is 79.7. The van der Waals surface area contributed by atoms with E-state index in [9.17, 15) is 136 Å². The van der Waals surface area contributed by atoms with Crippen LogP contribution in [0.15, 0.2) is 12.2 Å². The van der Waals surface area contributed by atoms with Gasteiger partial charge >= 0.3 is 11.9 Å². The molecule has 24 N–H and O–H groups in total. The first-order valence-electron chi connectivity index (χ1n) is 45.4. The largest absolute Gasteiger partial charge is 0.477 e. The van der Waals surface area contributed by atoms with E-state index in [0.29, 0.717) is 12.8 Å². The van der Waals surface area contributed by atoms with Gasteiger partial charge in [-0.15, -0.1) is 0 Å². The highest BCUT2D eigenvalue weighted by molar-refractivity contribution is 5.78. The molecule has 0 aromatic carbocycles. The van der Waals surface area contributed by atoms with Crippen molar-refractivity contribution < 1.29 is 193 Å². The molecule has 738 valence electrons. The van der Waals surface area contributed by atoms with E-state index in [1.54, 1.807) is 0 Å². The number of carboxylic acid groups (broad SMARTS) is 2. The van der Waals surface area contributed by atoms with Gasteiger partial charge < -0.3 is 185 Å². The average molecular weight is 1840 g/mol.